The molecule has 0 spiro atoms. The van der Waals surface area contributed by atoms with Gasteiger partial charge in [0, 0.05) is 67.2 Å². The third-order valence-electron chi connectivity index (χ3n) is 12.7. The van der Waals surface area contributed by atoms with Crippen LogP contribution in [0.4, 0.5) is 0 Å². The highest BCUT2D eigenvalue weighted by Gasteiger charge is 2.22. The monoisotopic (exact) mass is 822 g/mol. The van der Waals surface area contributed by atoms with E-state index in [4.69, 9.17) is 19.9 Å². The molecule has 1 aliphatic carbocycles. The van der Waals surface area contributed by atoms with Gasteiger partial charge in [0.2, 0.25) is 0 Å². The fourth-order valence-electron chi connectivity index (χ4n) is 9.57. The van der Waals surface area contributed by atoms with E-state index in [1.165, 1.54) is 55.5 Å². The lowest BCUT2D eigenvalue weighted by Gasteiger charge is -2.13. The standard InChI is InChI=1S/C58H42N6/c1-37-22-26-40(27-23-37)56-60-57(41-28-24-38(2)25-29-41)62-58(61-56)42-34-35-59-49(36-42)46-17-11-21-53-55(46)48-15-7-9-19-51(48)64(53)44-32-30-39(31-33-44)45-16-10-20-52-54(45)47-14-6-8-18-50(47)63(52)43-12-4-3-5-13-43/h3-7,9-17,19-36H,8,18H2,1-2H3. The van der Waals surface area contributed by atoms with Gasteiger partial charge in [-0.25, -0.2) is 15.0 Å². The van der Waals surface area contributed by atoms with Gasteiger partial charge in [0.1, 0.15) is 0 Å². The fourth-order valence-corrected chi connectivity index (χ4v) is 9.57. The van der Waals surface area contributed by atoms with Crippen molar-refractivity contribution in [1.82, 2.24) is 29.1 Å². The number of hydrogen-bond donors (Lipinski definition) is 0. The maximum Gasteiger partial charge on any atom is 0.164 e. The average Bonchev–Trinajstić information content (AvgIpc) is 3.88. The fraction of sp³-hybridized carbons (Fsp3) is 0.0690. The number of rotatable bonds is 7. The van der Waals surface area contributed by atoms with Crippen LogP contribution >= 0.6 is 0 Å². The second-order valence-corrected chi connectivity index (χ2v) is 16.7. The van der Waals surface area contributed by atoms with E-state index in [2.05, 4.69) is 205 Å². The minimum Gasteiger partial charge on any atom is -0.313 e. The number of aromatic nitrogens is 6. The van der Waals surface area contributed by atoms with E-state index < -0.39 is 0 Å². The number of allylic oxidation sites excluding steroid dienone is 1. The van der Waals surface area contributed by atoms with Gasteiger partial charge in [-0.15, -0.1) is 0 Å². The molecule has 1 aliphatic rings. The van der Waals surface area contributed by atoms with E-state index in [9.17, 15) is 0 Å². The summed E-state index contributed by atoms with van der Waals surface area (Å²) in [6.07, 6.45) is 8.58. The zero-order valence-corrected chi connectivity index (χ0v) is 35.6. The Balaban J connectivity index is 0.966. The van der Waals surface area contributed by atoms with Crippen molar-refractivity contribution < 1.29 is 0 Å². The lowest BCUT2D eigenvalue weighted by molar-refractivity contribution is 0.888. The summed E-state index contributed by atoms with van der Waals surface area (Å²) in [7, 11) is 0. The highest BCUT2D eigenvalue weighted by molar-refractivity contribution is 6.15. The van der Waals surface area contributed by atoms with Gasteiger partial charge in [-0.05, 0) is 92.4 Å². The Morgan fingerprint density at radius 1 is 0.453 bits per heavy atom. The third-order valence-corrected chi connectivity index (χ3v) is 12.7. The van der Waals surface area contributed by atoms with Crippen LogP contribution in [0.3, 0.4) is 0 Å². The molecule has 0 atom stereocenters. The quantitative estimate of drug-likeness (QED) is 0.161. The first-order valence-electron chi connectivity index (χ1n) is 21.9. The van der Waals surface area contributed by atoms with Gasteiger partial charge in [-0.1, -0.05) is 145 Å². The summed E-state index contributed by atoms with van der Waals surface area (Å²) < 4.78 is 4.84. The number of hydrogen-bond acceptors (Lipinski definition) is 4. The van der Waals surface area contributed by atoms with Gasteiger partial charge in [-0.2, -0.15) is 0 Å². The van der Waals surface area contributed by atoms with E-state index in [0.717, 1.165) is 62.9 Å². The molecule has 4 aromatic heterocycles. The van der Waals surface area contributed by atoms with Crippen LogP contribution < -0.4 is 0 Å². The second kappa shape index (κ2) is 15.3. The normalized spacial score (nSPS) is 12.3. The molecule has 0 fully saturated rings. The summed E-state index contributed by atoms with van der Waals surface area (Å²) >= 11 is 0. The van der Waals surface area contributed by atoms with E-state index >= 15 is 0 Å². The van der Waals surface area contributed by atoms with Crippen LogP contribution in [0.25, 0.3) is 107 Å². The first-order valence-corrected chi connectivity index (χ1v) is 21.9. The van der Waals surface area contributed by atoms with Crippen LogP contribution in [0.5, 0.6) is 0 Å². The van der Waals surface area contributed by atoms with Crippen LogP contribution in [0, 0.1) is 13.8 Å². The van der Waals surface area contributed by atoms with Gasteiger partial charge in [0.25, 0.3) is 0 Å². The molecule has 11 aromatic rings. The summed E-state index contributed by atoms with van der Waals surface area (Å²) in [5.74, 6) is 1.87. The largest absolute Gasteiger partial charge is 0.313 e. The first kappa shape index (κ1) is 37.5. The molecule has 0 N–H and O–H groups in total. The van der Waals surface area contributed by atoms with Crippen LogP contribution in [0.2, 0.25) is 0 Å². The molecule has 0 radical (unpaired) electrons. The van der Waals surface area contributed by atoms with Gasteiger partial charge < -0.3 is 9.13 Å². The molecule has 0 aliphatic heterocycles. The zero-order chi connectivity index (χ0) is 42.7. The summed E-state index contributed by atoms with van der Waals surface area (Å²) in [5, 5.41) is 3.61. The van der Waals surface area contributed by atoms with E-state index in [1.54, 1.807) is 0 Å². The minimum absolute atomic E-state index is 0.600. The molecule has 304 valence electrons. The Hall–Kier alpha value is -8.22. The Bertz CT molecular complexity index is 3530. The van der Waals surface area contributed by atoms with Crippen molar-refractivity contribution in [3.8, 4) is 67.9 Å². The molecule has 6 heteroatoms. The van der Waals surface area contributed by atoms with E-state index in [0.29, 0.717) is 17.5 Å². The number of para-hydroxylation sites is 2. The summed E-state index contributed by atoms with van der Waals surface area (Å²) in [6, 6.07) is 62.6. The molecule has 0 unspecified atom stereocenters. The van der Waals surface area contributed by atoms with E-state index in [1.807, 2.05) is 12.3 Å². The van der Waals surface area contributed by atoms with Crippen molar-refractivity contribution in [2.75, 3.05) is 0 Å². The van der Waals surface area contributed by atoms with Crippen LogP contribution in [0.1, 0.15) is 28.8 Å². The molecular weight excluding hydrogens is 781 g/mol. The molecule has 64 heavy (non-hydrogen) atoms. The highest BCUT2D eigenvalue weighted by atomic mass is 15.0. The second-order valence-electron chi connectivity index (χ2n) is 16.7. The Morgan fingerprint density at radius 2 is 1.03 bits per heavy atom. The molecule has 7 aromatic carbocycles. The number of pyridine rings is 1. The van der Waals surface area contributed by atoms with Crippen LogP contribution in [-0.2, 0) is 6.42 Å². The van der Waals surface area contributed by atoms with Crippen molar-refractivity contribution in [1.29, 1.82) is 0 Å². The van der Waals surface area contributed by atoms with Crippen molar-refractivity contribution in [2.24, 2.45) is 0 Å². The Morgan fingerprint density at radius 3 is 1.73 bits per heavy atom. The molecule has 4 heterocycles. The average molecular weight is 823 g/mol. The molecular formula is C58H42N6. The highest BCUT2D eigenvalue weighted by Crippen LogP contribution is 2.42. The molecule has 0 amide bonds. The van der Waals surface area contributed by atoms with Gasteiger partial charge >= 0.3 is 0 Å². The van der Waals surface area contributed by atoms with Crippen LogP contribution in [0.15, 0.2) is 188 Å². The minimum atomic E-state index is 0.600. The first-order chi connectivity index (χ1) is 31.6. The van der Waals surface area contributed by atoms with Gasteiger partial charge in [-0.3, -0.25) is 4.98 Å². The van der Waals surface area contributed by atoms with Crippen molar-refractivity contribution in [3.63, 3.8) is 0 Å². The van der Waals surface area contributed by atoms with Crippen molar-refractivity contribution >= 4 is 38.8 Å². The molecule has 0 bridgehead atoms. The SMILES string of the molecule is Cc1ccc(-c2nc(-c3ccc(C)cc3)nc(-c3ccnc(-c4cccc5c4c4ccccc4n5-c4ccc(-c5cccc6c5c5c(n6-c6ccccc6)CCC=C5)cc4)c3)n2)cc1. The Labute approximate surface area is 371 Å². The molecule has 0 saturated heterocycles. The smallest absolute Gasteiger partial charge is 0.164 e. The number of benzene rings is 7. The van der Waals surface area contributed by atoms with Crippen LogP contribution in [-0.4, -0.2) is 29.1 Å². The zero-order valence-electron chi connectivity index (χ0n) is 35.6. The van der Waals surface area contributed by atoms with Crippen molar-refractivity contribution in [3.05, 3.63) is 211 Å². The molecule has 6 nitrogen and oxygen atoms in total. The third kappa shape index (κ3) is 6.34. The molecule has 12 rings (SSSR count). The summed E-state index contributed by atoms with van der Waals surface area (Å²) in [5.41, 5.74) is 18.0. The summed E-state index contributed by atoms with van der Waals surface area (Å²) in [6.45, 7) is 4.17. The number of aryl methyl sites for hydroxylation is 2. The predicted octanol–water partition coefficient (Wildman–Crippen LogP) is 14.2. The number of fused-ring (bicyclic) bond motifs is 6. The Kier molecular flexibility index (Phi) is 8.97. The lowest BCUT2D eigenvalue weighted by Crippen LogP contribution is -2.02. The maximum atomic E-state index is 5.06. The van der Waals surface area contributed by atoms with Gasteiger partial charge in [0.05, 0.1) is 22.2 Å². The van der Waals surface area contributed by atoms with Crippen molar-refractivity contribution in [2.45, 2.75) is 26.7 Å². The summed E-state index contributed by atoms with van der Waals surface area (Å²) in [4.78, 5) is 20.1. The van der Waals surface area contributed by atoms with E-state index in [-0.39, 0.29) is 0 Å². The molecule has 0 saturated carbocycles. The lowest BCUT2D eigenvalue weighted by atomic mass is 9.95. The predicted molar refractivity (Wildman–Crippen MR) is 263 cm³/mol. The maximum absolute atomic E-state index is 5.06. The topological polar surface area (TPSA) is 61.4 Å². The number of nitrogens with zero attached hydrogens (tertiary/aromatic N) is 6. The van der Waals surface area contributed by atoms with Gasteiger partial charge in [0.15, 0.2) is 17.5 Å².